The SMILES string of the molecule is CC(C(=O)Nc1ccc(Cl)c(N)c1)N1CCCCC1. The molecule has 1 unspecified atom stereocenters. The molecule has 1 aliphatic heterocycles. The molecule has 1 aromatic carbocycles. The second-order valence-corrected chi connectivity index (χ2v) is 5.41. The number of amides is 1. The van der Waals surface area contributed by atoms with E-state index < -0.39 is 0 Å². The number of piperidine rings is 1. The fraction of sp³-hybridized carbons (Fsp3) is 0.500. The van der Waals surface area contributed by atoms with Gasteiger partial charge >= 0.3 is 0 Å². The molecule has 4 nitrogen and oxygen atoms in total. The molecule has 1 aromatic rings. The van der Waals surface area contributed by atoms with Crippen molar-refractivity contribution in [3.8, 4) is 0 Å². The summed E-state index contributed by atoms with van der Waals surface area (Å²) in [4.78, 5) is 14.4. The van der Waals surface area contributed by atoms with Crippen LogP contribution in [-0.4, -0.2) is 29.9 Å². The second-order valence-electron chi connectivity index (χ2n) is 5.00. The number of hydrogen-bond acceptors (Lipinski definition) is 3. The Morgan fingerprint density at radius 3 is 2.68 bits per heavy atom. The number of anilines is 2. The maximum absolute atomic E-state index is 12.2. The highest BCUT2D eigenvalue weighted by molar-refractivity contribution is 6.33. The molecule has 0 bridgehead atoms. The van der Waals surface area contributed by atoms with Gasteiger partial charge in [0.25, 0.3) is 0 Å². The van der Waals surface area contributed by atoms with Gasteiger partial charge in [0.2, 0.25) is 5.91 Å². The number of hydrogen-bond donors (Lipinski definition) is 2. The number of halogens is 1. The van der Waals surface area contributed by atoms with Crippen molar-refractivity contribution in [2.45, 2.75) is 32.2 Å². The number of nitrogens with zero attached hydrogens (tertiary/aromatic N) is 1. The van der Waals surface area contributed by atoms with Crippen LogP contribution in [0.4, 0.5) is 11.4 Å². The van der Waals surface area contributed by atoms with Crippen LogP contribution in [0, 0.1) is 0 Å². The first kappa shape index (κ1) is 14.2. The van der Waals surface area contributed by atoms with E-state index in [0.29, 0.717) is 16.4 Å². The zero-order valence-corrected chi connectivity index (χ0v) is 11.9. The average Bonchev–Trinajstić information content (AvgIpc) is 2.43. The molecule has 1 fully saturated rings. The van der Waals surface area contributed by atoms with E-state index in [4.69, 9.17) is 17.3 Å². The zero-order chi connectivity index (χ0) is 13.8. The number of nitrogens with one attached hydrogen (secondary N) is 1. The number of carbonyl (C=O) groups is 1. The number of rotatable bonds is 3. The Balaban J connectivity index is 1.97. The molecule has 1 amide bonds. The molecule has 1 atom stereocenters. The summed E-state index contributed by atoms with van der Waals surface area (Å²) in [5.41, 5.74) is 6.89. The maximum atomic E-state index is 12.2. The summed E-state index contributed by atoms with van der Waals surface area (Å²) >= 11 is 5.86. The zero-order valence-electron chi connectivity index (χ0n) is 11.2. The largest absolute Gasteiger partial charge is 0.397 e. The second kappa shape index (κ2) is 6.26. The van der Waals surface area contributed by atoms with Crippen LogP contribution in [0.5, 0.6) is 0 Å². The van der Waals surface area contributed by atoms with E-state index in [1.165, 1.54) is 19.3 Å². The predicted octanol–water partition coefficient (Wildman–Crippen LogP) is 2.74. The fourth-order valence-corrected chi connectivity index (χ4v) is 2.46. The first-order valence-corrected chi connectivity index (χ1v) is 7.05. The number of nitrogen functional groups attached to an aromatic ring is 1. The van der Waals surface area contributed by atoms with Crippen LogP contribution in [0.25, 0.3) is 0 Å². The summed E-state index contributed by atoms with van der Waals surface area (Å²) in [7, 11) is 0. The Morgan fingerprint density at radius 1 is 1.37 bits per heavy atom. The Bertz CT molecular complexity index is 458. The lowest BCUT2D eigenvalue weighted by Crippen LogP contribution is -2.44. The van der Waals surface area contributed by atoms with Crippen LogP contribution in [0.15, 0.2) is 18.2 Å². The van der Waals surface area contributed by atoms with Gasteiger partial charge in [0.1, 0.15) is 0 Å². The Morgan fingerprint density at radius 2 is 2.05 bits per heavy atom. The topological polar surface area (TPSA) is 58.4 Å². The van der Waals surface area contributed by atoms with Gasteiger partial charge in [-0.15, -0.1) is 0 Å². The molecule has 0 saturated carbocycles. The normalized spacial score (nSPS) is 18.0. The highest BCUT2D eigenvalue weighted by atomic mass is 35.5. The van der Waals surface area contributed by atoms with Crippen molar-refractivity contribution < 1.29 is 4.79 Å². The van der Waals surface area contributed by atoms with E-state index >= 15 is 0 Å². The van der Waals surface area contributed by atoms with Crippen LogP contribution >= 0.6 is 11.6 Å². The summed E-state index contributed by atoms with van der Waals surface area (Å²) in [5.74, 6) is 0.00335. The standard InChI is InChI=1S/C14H20ClN3O/c1-10(18-7-3-2-4-8-18)14(19)17-11-5-6-12(15)13(16)9-11/h5-6,9-10H,2-4,7-8,16H2,1H3,(H,17,19). The highest BCUT2D eigenvalue weighted by Crippen LogP contribution is 2.22. The van der Waals surface area contributed by atoms with Gasteiger partial charge in [-0.05, 0) is 51.1 Å². The molecule has 3 N–H and O–H groups in total. The smallest absolute Gasteiger partial charge is 0.241 e. The van der Waals surface area contributed by atoms with Gasteiger partial charge in [0.15, 0.2) is 0 Å². The maximum Gasteiger partial charge on any atom is 0.241 e. The van der Waals surface area contributed by atoms with Crippen molar-refractivity contribution >= 4 is 28.9 Å². The molecule has 0 aromatic heterocycles. The fourth-order valence-electron chi connectivity index (χ4n) is 2.34. The minimum absolute atomic E-state index is 0.00335. The van der Waals surface area contributed by atoms with E-state index in [1.807, 2.05) is 6.92 Å². The third kappa shape index (κ3) is 3.61. The molecule has 19 heavy (non-hydrogen) atoms. The summed E-state index contributed by atoms with van der Waals surface area (Å²) in [6.45, 7) is 3.94. The first-order valence-electron chi connectivity index (χ1n) is 6.68. The van der Waals surface area contributed by atoms with E-state index in [9.17, 15) is 4.79 Å². The minimum Gasteiger partial charge on any atom is -0.397 e. The van der Waals surface area contributed by atoms with Crippen molar-refractivity contribution in [2.75, 3.05) is 24.1 Å². The Kier molecular flexibility index (Phi) is 4.66. The number of carbonyl (C=O) groups excluding carboxylic acids is 1. The minimum atomic E-state index is -0.114. The van der Waals surface area contributed by atoms with Crippen LogP contribution < -0.4 is 11.1 Å². The molecule has 1 saturated heterocycles. The summed E-state index contributed by atoms with van der Waals surface area (Å²) in [5, 5.41) is 3.39. The van der Waals surface area contributed by atoms with Gasteiger partial charge in [-0.1, -0.05) is 18.0 Å². The van der Waals surface area contributed by atoms with Crippen LogP contribution in [0.3, 0.4) is 0 Å². The lowest BCUT2D eigenvalue weighted by molar-refractivity contribution is -0.121. The van der Waals surface area contributed by atoms with Crippen molar-refractivity contribution in [1.29, 1.82) is 0 Å². The van der Waals surface area contributed by atoms with Gasteiger partial charge < -0.3 is 11.1 Å². The van der Waals surface area contributed by atoms with Crippen LogP contribution in [0.2, 0.25) is 5.02 Å². The summed E-state index contributed by atoms with van der Waals surface area (Å²) in [6, 6.07) is 5.03. The lowest BCUT2D eigenvalue weighted by atomic mass is 10.1. The van der Waals surface area contributed by atoms with E-state index in [2.05, 4.69) is 10.2 Å². The van der Waals surface area contributed by atoms with Crippen molar-refractivity contribution in [1.82, 2.24) is 4.90 Å². The van der Waals surface area contributed by atoms with Gasteiger partial charge in [0, 0.05) is 5.69 Å². The highest BCUT2D eigenvalue weighted by Gasteiger charge is 2.22. The third-order valence-electron chi connectivity index (χ3n) is 3.58. The third-order valence-corrected chi connectivity index (χ3v) is 3.93. The number of likely N-dealkylation sites (tertiary alicyclic amines) is 1. The van der Waals surface area contributed by atoms with Gasteiger partial charge in [-0.25, -0.2) is 0 Å². The van der Waals surface area contributed by atoms with Gasteiger partial charge in [-0.2, -0.15) is 0 Å². The monoisotopic (exact) mass is 281 g/mol. The molecule has 0 spiro atoms. The summed E-state index contributed by atoms with van der Waals surface area (Å²) < 4.78 is 0. The molecule has 104 valence electrons. The Hall–Kier alpha value is -1.26. The molecule has 1 aliphatic rings. The first-order chi connectivity index (χ1) is 9.08. The van der Waals surface area contributed by atoms with E-state index in [1.54, 1.807) is 18.2 Å². The van der Waals surface area contributed by atoms with E-state index in [0.717, 1.165) is 13.1 Å². The molecule has 2 rings (SSSR count). The quantitative estimate of drug-likeness (QED) is 0.838. The lowest BCUT2D eigenvalue weighted by Gasteiger charge is -2.31. The molecule has 1 heterocycles. The summed E-state index contributed by atoms with van der Waals surface area (Å²) in [6.07, 6.45) is 3.61. The van der Waals surface area contributed by atoms with Crippen LogP contribution in [0.1, 0.15) is 26.2 Å². The van der Waals surface area contributed by atoms with Gasteiger partial charge in [-0.3, -0.25) is 9.69 Å². The number of benzene rings is 1. The predicted molar refractivity (Wildman–Crippen MR) is 79.4 cm³/mol. The number of nitrogens with two attached hydrogens (primary N) is 1. The molecule has 5 heteroatoms. The van der Waals surface area contributed by atoms with Gasteiger partial charge in [0.05, 0.1) is 16.8 Å². The van der Waals surface area contributed by atoms with E-state index in [-0.39, 0.29) is 11.9 Å². The van der Waals surface area contributed by atoms with Crippen molar-refractivity contribution in [3.63, 3.8) is 0 Å². The van der Waals surface area contributed by atoms with Crippen molar-refractivity contribution in [3.05, 3.63) is 23.2 Å². The molecular formula is C14H20ClN3O. The average molecular weight is 282 g/mol. The molecular weight excluding hydrogens is 262 g/mol. The van der Waals surface area contributed by atoms with Crippen LogP contribution in [-0.2, 0) is 4.79 Å². The Labute approximate surface area is 118 Å². The molecule has 0 radical (unpaired) electrons. The molecule has 0 aliphatic carbocycles. The van der Waals surface area contributed by atoms with Crippen molar-refractivity contribution in [2.24, 2.45) is 0 Å².